The van der Waals surface area contributed by atoms with E-state index in [9.17, 15) is 0 Å². The summed E-state index contributed by atoms with van der Waals surface area (Å²) in [6, 6.07) is 3.00. The average Bonchev–Trinajstić information content (AvgIpc) is 2.66. The molecule has 1 aliphatic rings. The van der Waals surface area contributed by atoms with Gasteiger partial charge in [0.15, 0.2) is 0 Å². The van der Waals surface area contributed by atoms with Crippen molar-refractivity contribution in [3.63, 3.8) is 0 Å². The van der Waals surface area contributed by atoms with Crippen molar-refractivity contribution in [2.75, 3.05) is 6.54 Å². The number of nitrogens with two attached hydrogens (primary N) is 1. The van der Waals surface area contributed by atoms with E-state index >= 15 is 0 Å². The number of aryl methyl sites for hydroxylation is 1. The molecule has 3 unspecified atom stereocenters. The standard InChI is InChI=1S/C15H26N2S/c1-10-5-11(2)12(3)17(8-10)9-14-6-15(7-16)18-13(14)4/h6,10-12H,5,7-9,16H2,1-4H3. The Labute approximate surface area is 115 Å². The molecule has 0 spiro atoms. The lowest BCUT2D eigenvalue weighted by molar-refractivity contribution is 0.0729. The van der Waals surface area contributed by atoms with Crippen LogP contribution in [0.4, 0.5) is 0 Å². The Hall–Kier alpha value is -0.380. The first-order valence-corrected chi connectivity index (χ1v) is 7.85. The molecule has 0 aliphatic carbocycles. The summed E-state index contributed by atoms with van der Waals surface area (Å²) in [5, 5.41) is 0. The Kier molecular flexibility index (Phi) is 4.46. The monoisotopic (exact) mass is 266 g/mol. The second-order valence-corrected chi connectivity index (χ2v) is 7.33. The molecule has 3 atom stereocenters. The van der Waals surface area contributed by atoms with Crippen molar-refractivity contribution in [3.8, 4) is 0 Å². The molecule has 2 heterocycles. The van der Waals surface area contributed by atoms with Crippen LogP contribution >= 0.6 is 11.3 Å². The zero-order valence-corrected chi connectivity index (χ0v) is 12.9. The molecule has 1 aliphatic heterocycles. The van der Waals surface area contributed by atoms with Crippen molar-refractivity contribution >= 4 is 11.3 Å². The number of thiophene rings is 1. The quantitative estimate of drug-likeness (QED) is 0.908. The van der Waals surface area contributed by atoms with E-state index in [1.165, 1.54) is 28.3 Å². The van der Waals surface area contributed by atoms with E-state index in [4.69, 9.17) is 5.73 Å². The summed E-state index contributed by atoms with van der Waals surface area (Å²) in [5.41, 5.74) is 7.21. The van der Waals surface area contributed by atoms with Gasteiger partial charge in [-0.3, -0.25) is 4.90 Å². The zero-order chi connectivity index (χ0) is 13.3. The molecule has 0 amide bonds. The summed E-state index contributed by atoms with van der Waals surface area (Å²) < 4.78 is 0. The van der Waals surface area contributed by atoms with Crippen LogP contribution < -0.4 is 5.73 Å². The minimum atomic E-state index is 0.674. The summed E-state index contributed by atoms with van der Waals surface area (Å²) in [4.78, 5) is 5.40. The van der Waals surface area contributed by atoms with E-state index in [2.05, 4.69) is 38.7 Å². The van der Waals surface area contributed by atoms with Crippen LogP contribution in [0.2, 0.25) is 0 Å². The van der Waals surface area contributed by atoms with Gasteiger partial charge >= 0.3 is 0 Å². The Morgan fingerprint density at radius 1 is 1.39 bits per heavy atom. The van der Waals surface area contributed by atoms with E-state index in [1.54, 1.807) is 0 Å². The highest BCUT2D eigenvalue weighted by atomic mass is 32.1. The van der Waals surface area contributed by atoms with Crippen molar-refractivity contribution in [2.45, 2.75) is 53.2 Å². The first kappa shape index (κ1) is 14.0. The summed E-state index contributed by atoms with van der Waals surface area (Å²) >= 11 is 1.85. The molecule has 3 heteroatoms. The Balaban J connectivity index is 2.09. The first-order chi connectivity index (χ1) is 8.51. The maximum Gasteiger partial charge on any atom is 0.0274 e. The van der Waals surface area contributed by atoms with E-state index in [0.717, 1.165) is 18.4 Å². The van der Waals surface area contributed by atoms with Crippen LogP contribution in [0.25, 0.3) is 0 Å². The minimum absolute atomic E-state index is 0.674. The van der Waals surface area contributed by atoms with Gasteiger partial charge in [0.05, 0.1) is 0 Å². The summed E-state index contributed by atoms with van der Waals surface area (Å²) in [7, 11) is 0. The fourth-order valence-electron chi connectivity index (χ4n) is 3.11. The van der Waals surface area contributed by atoms with Gasteiger partial charge in [-0.25, -0.2) is 0 Å². The Morgan fingerprint density at radius 2 is 2.11 bits per heavy atom. The molecule has 2 rings (SSSR count). The van der Waals surface area contributed by atoms with Crippen LogP contribution in [-0.2, 0) is 13.1 Å². The molecule has 0 aromatic carbocycles. The molecular formula is C15H26N2S. The van der Waals surface area contributed by atoms with Gasteiger partial charge in [-0.05, 0) is 43.7 Å². The highest BCUT2D eigenvalue weighted by Crippen LogP contribution is 2.30. The highest BCUT2D eigenvalue weighted by molar-refractivity contribution is 7.12. The predicted molar refractivity (Wildman–Crippen MR) is 79.8 cm³/mol. The second-order valence-electron chi connectivity index (χ2n) is 5.99. The third-order valence-corrected chi connectivity index (χ3v) is 5.48. The van der Waals surface area contributed by atoms with Crippen LogP contribution in [0.5, 0.6) is 0 Å². The topological polar surface area (TPSA) is 29.3 Å². The molecule has 2 N–H and O–H groups in total. The van der Waals surface area contributed by atoms with Gasteiger partial charge in [0.25, 0.3) is 0 Å². The van der Waals surface area contributed by atoms with E-state index in [-0.39, 0.29) is 0 Å². The molecule has 1 fully saturated rings. The summed E-state index contributed by atoms with van der Waals surface area (Å²) in [5.74, 6) is 1.63. The molecule has 0 saturated carbocycles. The van der Waals surface area contributed by atoms with Gasteiger partial charge in [-0.1, -0.05) is 13.8 Å². The van der Waals surface area contributed by atoms with Gasteiger partial charge in [0.1, 0.15) is 0 Å². The van der Waals surface area contributed by atoms with Crippen LogP contribution in [0.15, 0.2) is 6.07 Å². The minimum Gasteiger partial charge on any atom is -0.326 e. The van der Waals surface area contributed by atoms with Crippen molar-refractivity contribution in [1.82, 2.24) is 4.90 Å². The van der Waals surface area contributed by atoms with Crippen molar-refractivity contribution in [1.29, 1.82) is 0 Å². The van der Waals surface area contributed by atoms with E-state index in [1.807, 2.05) is 11.3 Å². The molecule has 102 valence electrons. The number of piperidine rings is 1. The van der Waals surface area contributed by atoms with Crippen LogP contribution in [0.3, 0.4) is 0 Å². The normalized spacial score (nSPS) is 29.7. The first-order valence-electron chi connectivity index (χ1n) is 7.03. The van der Waals surface area contributed by atoms with Crippen molar-refractivity contribution in [3.05, 3.63) is 21.4 Å². The fraction of sp³-hybridized carbons (Fsp3) is 0.733. The summed E-state index contributed by atoms with van der Waals surface area (Å²) in [6.45, 7) is 12.4. The molecule has 1 saturated heterocycles. The molecule has 2 nitrogen and oxygen atoms in total. The van der Waals surface area contributed by atoms with Gasteiger partial charge in [0.2, 0.25) is 0 Å². The Morgan fingerprint density at radius 3 is 2.72 bits per heavy atom. The van der Waals surface area contributed by atoms with Gasteiger partial charge in [0, 0.05) is 35.4 Å². The SMILES string of the molecule is Cc1sc(CN)cc1CN1CC(C)CC(C)C1C. The van der Waals surface area contributed by atoms with Gasteiger partial charge < -0.3 is 5.73 Å². The highest BCUT2D eigenvalue weighted by Gasteiger charge is 2.28. The molecule has 0 bridgehead atoms. The molecule has 1 aromatic heterocycles. The lowest BCUT2D eigenvalue weighted by atomic mass is 9.86. The number of hydrogen-bond donors (Lipinski definition) is 1. The lowest BCUT2D eigenvalue weighted by Crippen LogP contribution is -2.45. The number of rotatable bonds is 3. The third kappa shape index (κ3) is 2.95. The largest absolute Gasteiger partial charge is 0.326 e. The van der Waals surface area contributed by atoms with Crippen LogP contribution in [0, 0.1) is 18.8 Å². The van der Waals surface area contributed by atoms with E-state index < -0.39 is 0 Å². The maximum absolute atomic E-state index is 5.73. The number of nitrogens with zero attached hydrogens (tertiary/aromatic N) is 1. The smallest absolute Gasteiger partial charge is 0.0274 e. The van der Waals surface area contributed by atoms with E-state index in [0.29, 0.717) is 12.6 Å². The summed E-state index contributed by atoms with van der Waals surface area (Å²) in [6.07, 6.45) is 1.37. The fourth-order valence-corrected chi connectivity index (χ4v) is 4.04. The van der Waals surface area contributed by atoms with Gasteiger partial charge in [-0.15, -0.1) is 11.3 Å². The van der Waals surface area contributed by atoms with Crippen molar-refractivity contribution in [2.24, 2.45) is 17.6 Å². The predicted octanol–water partition coefficient (Wildman–Crippen LogP) is 3.38. The van der Waals surface area contributed by atoms with Crippen LogP contribution in [-0.4, -0.2) is 17.5 Å². The molecule has 1 aromatic rings. The third-order valence-electron chi connectivity index (χ3n) is 4.37. The van der Waals surface area contributed by atoms with Gasteiger partial charge in [-0.2, -0.15) is 0 Å². The zero-order valence-electron chi connectivity index (χ0n) is 12.1. The van der Waals surface area contributed by atoms with Crippen LogP contribution in [0.1, 0.15) is 42.5 Å². The number of hydrogen-bond acceptors (Lipinski definition) is 3. The maximum atomic E-state index is 5.73. The second kappa shape index (κ2) is 5.72. The molecule has 18 heavy (non-hydrogen) atoms. The molecule has 0 radical (unpaired) electrons. The van der Waals surface area contributed by atoms with Crippen molar-refractivity contribution < 1.29 is 0 Å². The number of likely N-dealkylation sites (tertiary alicyclic amines) is 1. The lowest BCUT2D eigenvalue weighted by Gasteiger charge is -2.41. The molecular weight excluding hydrogens is 240 g/mol. The Bertz CT molecular complexity index is 399. The average molecular weight is 266 g/mol.